The van der Waals surface area contributed by atoms with Gasteiger partial charge in [-0.05, 0) is 34.2 Å². The largest absolute Gasteiger partial charge is 0.336 e. The number of hydrogen-bond acceptors (Lipinski definition) is 3. The van der Waals surface area contributed by atoms with Gasteiger partial charge in [-0.2, -0.15) is 0 Å². The van der Waals surface area contributed by atoms with Crippen molar-refractivity contribution in [3.05, 3.63) is 63.5 Å². The van der Waals surface area contributed by atoms with Crippen LogP contribution in [-0.2, 0) is 6.54 Å². The topological polar surface area (TPSA) is 36.4 Å². The average molecular weight is 411 g/mol. The van der Waals surface area contributed by atoms with E-state index in [0.717, 1.165) is 36.3 Å². The van der Waals surface area contributed by atoms with Crippen LogP contribution in [0.5, 0.6) is 0 Å². The lowest BCUT2D eigenvalue weighted by atomic mass is 10.2. The third-order valence-electron chi connectivity index (χ3n) is 3.86. The van der Waals surface area contributed by atoms with Crippen molar-refractivity contribution in [1.82, 2.24) is 14.8 Å². The van der Waals surface area contributed by atoms with Crippen molar-refractivity contribution in [2.45, 2.75) is 6.54 Å². The monoisotopic (exact) mass is 411 g/mol. The molecule has 0 radical (unpaired) electrons. The molecule has 0 aliphatic carbocycles. The predicted octanol–water partition coefficient (Wildman–Crippen LogP) is 2.64. The van der Waals surface area contributed by atoms with Gasteiger partial charge in [0, 0.05) is 48.7 Å². The highest BCUT2D eigenvalue weighted by Gasteiger charge is 2.22. The van der Waals surface area contributed by atoms with Crippen molar-refractivity contribution < 1.29 is 4.79 Å². The zero-order chi connectivity index (χ0) is 15.4. The van der Waals surface area contributed by atoms with Gasteiger partial charge >= 0.3 is 0 Å². The van der Waals surface area contributed by atoms with Gasteiger partial charge in [0.1, 0.15) is 0 Å². The molecule has 2 heterocycles. The lowest BCUT2D eigenvalue weighted by molar-refractivity contribution is 0.0628. The molecule has 5 heteroatoms. The maximum absolute atomic E-state index is 12.5. The van der Waals surface area contributed by atoms with Gasteiger partial charge < -0.3 is 4.90 Å². The Morgan fingerprint density at radius 2 is 1.82 bits per heavy atom. The third-order valence-corrected chi connectivity index (χ3v) is 4.45. The normalized spacial score (nSPS) is 15.8. The van der Waals surface area contributed by atoms with Gasteiger partial charge in [0.25, 0.3) is 5.91 Å². The summed E-state index contributed by atoms with van der Waals surface area (Å²) in [6, 6.07) is 12.4. The molecular formula is C17H18IN3O. The SMILES string of the molecule is O=C(c1cncc([131I])c1)N1CCN(Cc2ccccc2)CC1. The van der Waals surface area contributed by atoms with Gasteiger partial charge in [-0.3, -0.25) is 14.7 Å². The highest BCUT2D eigenvalue weighted by atomic mass is 131. The Kier molecular flexibility index (Phi) is 5.04. The van der Waals surface area contributed by atoms with Crippen molar-refractivity contribution in [1.29, 1.82) is 0 Å². The molecule has 0 N–H and O–H groups in total. The van der Waals surface area contributed by atoms with Crippen LogP contribution in [0.3, 0.4) is 0 Å². The van der Waals surface area contributed by atoms with E-state index in [1.807, 2.05) is 17.0 Å². The highest BCUT2D eigenvalue weighted by molar-refractivity contribution is 14.1. The van der Waals surface area contributed by atoms with E-state index in [-0.39, 0.29) is 5.91 Å². The van der Waals surface area contributed by atoms with Crippen LogP contribution < -0.4 is 0 Å². The van der Waals surface area contributed by atoms with Crippen molar-refractivity contribution in [3.8, 4) is 0 Å². The molecule has 0 spiro atoms. The second-order valence-corrected chi connectivity index (χ2v) is 6.69. The number of rotatable bonds is 3. The van der Waals surface area contributed by atoms with Crippen LogP contribution in [0.2, 0.25) is 0 Å². The van der Waals surface area contributed by atoms with Gasteiger partial charge in [-0.25, -0.2) is 0 Å². The van der Waals surface area contributed by atoms with Crippen LogP contribution in [0.15, 0.2) is 48.8 Å². The number of carbonyl (C=O) groups is 1. The van der Waals surface area contributed by atoms with Gasteiger partial charge in [-0.15, -0.1) is 0 Å². The summed E-state index contributed by atoms with van der Waals surface area (Å²) in [5.41, 5.74) is 2.01. The molecule has 22 heavy (non-hydrogen) atoms. The first-order valence-corrected chi connectivity index (χ1v) is 8.46. The molecule has 4 nitrogen and oxygen atoms in total. The molecule has 1 fully saturated rings. The molecule has 1 amide bonds. The smallest absolute Gasteiger partial charge is 0.255 e. The number of carbonyl (C=O) groups excluding carboxylic acids is 1. The van der Waals surface area contributed by atoms with Crippen LogP contribution in [0, 0.1) is 3.57 Å². The van der Waals surface area contributed by atoms with Crippen LogP contribution in [0.4, 0.5) is 0 Å². The van der Waals surface area contributed by atoms with Gasteiger partial charge in [0.15, 0.2) is 0 Å². The van der Waals surface area contributed by atoms with Crippen molar-refractivity contribution in [2.75, 3.05) is 26.2 Å². The Balaban J connectivity index is 1.56. The van der Waals surface area contributed by atoms with Gasteiger partial charge in [0.05, 0.1) is 5.56 Å². The standard InChI is InChI=1S/C17H18IN3O/c18-16-10-15(11-19-12-16)17(22)21-8-6-20(7-9-21)13-14-4-2-1-3-5-14/h1-5,10-12H,6-9,13H2/i18+4. The van der Waals surface area contributed by atoms with E-state index in [9.17, 15) is 4.79 Å². The maximum atomic E-state index is 12.5. The van der Waals surface area contributed by atoms with Crippen LogP contribution >= 0.6 is 22.6 Å². The molecule has 1 aromatic carbocycles. The first kappa shape index (κ1) is 15.4. The lowest BCUT2D eigenvalue weighted by Gasteiger charge is -2.34. The first-order valence-electron chi connectivity index (χ1n) is 7.38. The minimum atomic E-state index is 0.0883. The minimum Gasteiger partial charge on any atom is -0.336 e. The average Bonchev–Trinajstić information content (AvgIpc) is 2.56. The lowest BCUT2D eigenvalue weighted by Crippen LogP contribution is -2.48. The van der Waals surface area contributed by atoms with E-state index in [1.165, 1.54) is 5.56 Å². The molecule has 0 bridgehead atoms. The summed E-state index contributed by atoms with van der Waals surface area (Å²) in [5, 5.41) is 0. The van der Waals surface area contributed by atoms with Crippen LogP contribution in [0.25, 0.3) is 0 Å². The van der Waals surface area contributed by atoms with Crippen molar-refractivity contribution in [3.63, 3.8) is 0 Å². The van der Waals surface area contributed by atoms with Gasteiger partial charge in [0.2, 0.25) is 0 Å². The Morgan fingerprint density at radius 1 is 1.09 bits per heavy atom. The molecule has 3 rings (SSSR count). The van der Waals surface area contributed by atoms with E-state index < -0.39 is 0 Å². The number of pyridine rings is 1. The fourth-order valence-electron chi connectivity index (χ4n) is 2.66. The molecule has 0 atom stereocenters. The van der Waals surface area contributed by atoms with E-state index in [1.54, 1.807) is 12.4 Å². The summed E-state index contributed by atoms with van der Waals surface area (Å²) in [6.45, 7) is 4.33. The number of nitrogens with zero attached hydrogens (tertiary/aromatic N) is 3. The Labute approximate surface area is 144 Å². The number of piperazine rings is 1. The van der Waals surface area contributed by atoms with Crippen molar-refractivity contribution >= 4 is 28.5 Å². The van der Waals surface area contributed by atoms with Crippen LogP contribution in [0.1, 0.15) is 15.9 Å². The summed E-state index contributed by atoms with van der Waals surface area (Å²) < 4.78 is 0.992. The quantitative estimate of drug-likeness (QED) is 0.729. The van der Waals surface area contributed by atoms with E-state index in [4.69, 9.17) is 0 Å². The minimum absolute atomic E-state index is 0.0883. The number of amides is 1. The molecule has 0 unspecified atom stereocenters. The maximum Gasteiger partial charge on any atom is 0.255 e. The van der Waals surface area contributed by atoms with E-state index >= 15 is 0 Å². The molecule has 1 aromatic heterocycles. The number of halogens is 1. The third kappa shape index (κ3) is 3.84. The summed E-state index contributed by atoms with van der Waals surface area (Å²) in [5.74, 6) is 0.0883. The number of benzene rings is 1. The first-order chi connectivity index (χ1) is 10.7. The summed E-state index contributed by atoms with van der Waals surface area (Å²) in [6.07, 6.45) is 3.41. The second-order valence-electron chi connectivity index (χ2n) is 5.45. The molecule has 2 aromatic rings. The molecular weight excluding hydrogens is 393 g/mol. The Bertz CT molecular complexity index is 639. The molecule has 1 aliphatic heterocycles. The Morgan fingerprint density at radius 3 is 2.50 bits per heavy atom. The van der Waals surface area contributed by atoms with Crippen LogP contribution in [-0.4, -0.2) is 46.9 Å². The fourth-order valence-corrected chi connectivity index (χ4v) is 3.16. The van der Waals surface area contributed by atoms with Crippen molar-refractivity contribution in [2.24, 2.45) is 0 Å². The zero-order valence-electron chi connectivity index (χ0n) is 12.3. The predicted molar refractivity (Wildman–Crippen MR) is 94.6 cm³/mol. The Hall–Kier alpha value is -1.47. The summed E-state index contributed by atoms with van der Waals surface area (Å²) in [7, 11) is 0. The van der Waals surface area contributed by atoms with E-state index in [2.05, 4.69) is 56.7 Å². The zero-order valence-corrected chi connectivity index (χ0v) is 14.4. The molecule has 114 valence electrons. The fraction of sp³-hybridized carbons (Fsp3) is 0.294. The number of aromatic nitrogens is 1. The second kappa shape index (κ2) is 7.19. The number of hydrogen-bond donors (Lipinski definition) is 0. The van der Waals surface area contributed by atoms with E-state index in [0.29, 0.717) is 5.56 Å². The molecule has 1 aliphatic rings. The molecule has 1 saturated heterocycles. The highest BCUT2D eigenvalue weighted by Crippen LogP contribution is 2.12. The summed E-state index contributed by atoms with van der Waals surface area (Å²) >= 11 is 2.18. The molecule has 0 saturated carbocycles. The summed E-state index contributed by atoms with van der Waals surface area (Å²) in [4.78, 5) is 20.9. The van der Waals surface area contributed by atoms with Gasteiger partial charge in [-0.1, -0.05) is 30.3 Å².